The van der Waals surface area contributed by atoms with Gasteiger partial charge in [0, 0.05) is 23.8 Å². The Bertz CT molecular complexity index is 628. The van der Waals surface area contributed by atoms with Gasteiger partial charge in [-0.25, -0.2) is 0 Å². The third-order valence-corrected chi connectivity index (χ3v) is 3.74. The summed E-state index contributed by atoms with van der Waals surface area (Å²) in [5.74, 6) is -0.127. The summed E-state index contributed by atoms with van der Waals surface area (Å²) in [5.41, 5.74) is 7.68. The SMILES string of the molecule is CN(Cc1ccc(Br)cc1)C(=O)c1ccc(N)cc1Cl. The molecule has 5 heteroatoms. The van der Waals surface area contributed by atoms with Crippen molar-refractivity contribution in [1.82, 2.24) is 4.90 Å². The number of benzene rings is 2. The average Bonchev–Trinajstić information content (AvgIpc) is 2.40. The molecule has 2 aromatic carbocycles. The van der Waals surface area contributed by atoms with Crippen LogP contribution in [-0.2, 0) is 6.54 Å². The molecular formula is C15H14BrClN2O. The van der Waals surface area contributed by atoms with E-state index >= 15 is 0 Å². The highest BCUT2D eigenvalue weighted by Crippen LogP contribution is 2.21. The van der Waals surface area contributed by atoms with E-state index in [4.69, 9.17) is 17.3 Å². The molecule has 1 amide bonds. The van der Waals surface area contributed by atoms with Crippen molar-refractivity contribution >= 4 is 39.1 Å². The van der Waals surface area contributed by atoms with Crippen molar-refractivity contribution in [2.75, 3.05) is 12.8 Å². The van der Waals surface area contributed by atoms with E-state index in [0.29, 0.717) is 22.8 Å². The lowest BCUT2D eigenvalue weighted by atomic mass is 10.1. The van der Waals surface area contributed by atoms with Crippen LogP contribution in [0.5, 0.6) is 0 Å². The Kier molecular flexibility index (Phi) is 4.68. The molecule has 0 aliphatic carbocycles. The van der Waals surface area contributed by atoms with Gasteiger partial charge in [-0.2, -0.15) is 0 Å². The number of rotatable bonds is 3. The first-order chi connectivity index (χ1) is 9.47. The van der Waals surface area contributed by atoms with Crippen molar-refractivity contribution in [2.24, 2.45) is 0 Å². The number of amides is 1. The largest absolute Gasteiger partial charge is 0.399 e. The molecule has 0 unspecified atom stereocenters. The van der Waals surface area contributed by atoms with Gasteiger partial charge in [0.1, 0.15) is 0 Å². The molecule has 2 aromatic rings. The van der Waals surface area contributed by atoms with Crippen molar-refractivity contribution in [3.8, 4) is 0 Å². The van der Waals surface area contributed by atoms with E-state index in [1.54, 1.807) is 30.1 Å². The average molecular weight is 354 g/mol. The summed E-state index contributed by atoms with van der Waals surface area (Å²) in [6.45, 7) is 0.521. The quantitative estimate of drug-likeness (QED) is 0.849. The highest BCUT2D eigenvalue weighted by atomic mass is 79.9. The maximum Gasteiger partial charge on any atom is 0.255 e. The Balaban J connectivity index is 2.14. The molecule has 104 valence electrons. The minimum Gasteiger partial charge on any atom is -0.399 e. The minimum atomic E-state index is -0.127. The van der Waals surface area contributed by atoms with E-state index in [0.717, 1.165) is 10.0 Å². The molecule has 0 heterocycles. The Hall–Kier alpha value is -1.52. The van der Waals surface area contributed by atoms with Crippen molar-refractivity contribution in [3.05, 3.63) is 63.1 Å². The number of anilines is 1. The van der Waals surface area contributed by atoms with Crippen molar-refractivity contribution in [3.63, 3.8) is 0 Å². The summed E-state index contributed by atoms with van der Waals surface area (Å²) < 4.78 is 1.01. The van der Waals surface area contributed by atoms with Crippen LogP contribution in [0.3, 0.4) is 0 Å². The molecule has 0 aliphatic rings. The summed E-state index contributed by atoms with van der Waals surface area (Å²) in [6, 6.07) is 12.7. The van der Waals surface area contributed by atoms with Crippen LogP contribution in [-0.4, -0.2) is 17.9 Å². The Morgan fingerprint density at radius 3 is 2.50 bits per heavy atom. The molecule has 20 heavy (non-hydrogen) atoms. The van der Waals surface area contributed by atoms with Gasteiger partial charge in [-0.15, -0.1) is 0 Å². The van der Waals surface area contributed by atoms with Crippen LogP contribution < -0.4 is 5.73 Å². The molecule has 2 rings (SSSR count). The highest BCUT2D eigenvalue weighted by molar-refractivity contribution is 9.10. The molecule has 3 nitrogen and oxygen atoms in total. The summed E-state index contributed by atoms with van der Waals surface area (Å²) in [7, 11) is 1.75. The molecule has 0 fully saturated rings. The molecule has 0 saturated heterocycles. The van der Waals surface area contributed by atoms with Crippen LogP contribution in [0.25, 0.3) is 0 Å². The second-order valence-electron chi connectivity index (χ2n) is 4.53. The van der Waals surface area contributed by atoms with Crippen LogP contribution in [0.15, 0.2) is 46.9 Å². The monoisotopic (exact) mass is 352 g/mol. The van der Waals surface area contributed by atoms with Crippen LogP contribution in [0.1, 0.15) is 15.9 Å². The number of carbonyl (C=O) groups is 1. The first kappa shape index (κ1) is 14.9. The molecular weight excluding hydrogens is 340 g/mol. The van der Waals surface area contributed by atoms with Gasteiger partial charge >= 0.3 is 0 Å². The van der Waals surface area contributed by atoms with E-state index in [-0.39, 0.29) is 5.91 Å². The zero-order valence-corrected chi connectivity index (χ0v) is 13.3. The van der Waals surface area contributed by atoms with Gasteiger partial charge in [0.25, 0.3) is 5.91 Å². The standard InChI is InChI=1S/C15H14BrClN2O/c1-19(9-10-2-4-11(16)5-3-10)15(20)13-7-6-12(18)8-14(13)17/h2-8H,9,18H2,1H3. The second kappa shape index (κ2) is 6.29. The molecule has 0 radical (unpaired) electrons. The fourth-order valence-electron chi connectivity index (χ4n) is 1.85. The molecule has 0 aliphatic heterocycles. The second-order valence-corrected chi connectivity index (χ2v) is 5.85. The van der Waals surface area contributed by atoms with Gasteiger partial charge in [0.15, 0.2) is 0 Å². The number of carbonyl (C=O) groups excluding carboxylic acids is 1. The third-order valence-electron chi connectivity index (χ3n) is 2.90. The van der Waals surface area contributed by atoms with Crippen molar-refractivity contribution < 1.29 is 4.79 Å². The molecule has 0 aromatic heterocycles. The minimum absolute atomic E-state index is 0.127. The van der Waals surface area contributed by atoms with E-state index in [1.807, 2.05) is 24.3 Å². The van der Waals surface area contributed by atoms with Crippen LogP contribution in [0.2, 0.25) is 5.02 Å². The molecule has 0 saturated carbocycles. The van der Waals surface area contributed by atoms with Gasteiger partial charge in [-0.3, -0.25) is 4.79 Å². The van der Waals surface area contributed by atoms with Crippen LogP contribution >= 0.6 is 27.5 Å². The van der Waals surface area contributed by atoms with Gasteiger partial charge < -0.3 is 10.6 Å². The van der Waals surface area contributed by atoms with E-state index in [2.05, 4.69) is 15.9 Å². The molecule has 0 bridgehead atoms. The lowest BCUT2D eigenvalue weighted by Crippen LogP contribution is -2.26. The van der Waals surface area contributed by atoms with Crippen LogP contribution in [0.4, 0.5) is 5.69 Å². The molecule has 2 N–H and O–H groups in total. The number of nitrogens with two attached hydrogens (primary N) is 1. The first-order valence-electron chi connectivity index (χ1n) is 6.02. The maximum atomic E-state index is 12.3. The number of hydrogen-bond donors (Lipinski definition) is 1. The maximum absolute atomic E-state index is 12.3. The molecule has 0 atom stereocenters. The summed E-state index contributed by atoms with van der Waals surface area (Å²) >= 11 is 9.44. The predicted octanol–water partition coefficient (Wildman–Crippen LogP) is 3.96. The lowest BCUT2D eigenvalue weighted by Gasteiger charge is -2.18. The third kappa shape index (κ3) is 3.52. The zero-order valence-electron chi connectivity index (χ0n) is 10.9. The Labute approximate surface area is 131 Å². The summed E-state index contributed by atoms with van der Waals surface area (Å²) in [4.78, 5) is 14.0. The van der Waals surface area contributed by atoms with Gasteiger partial charge in [-0.05, 0) is 35.9 Å². The van der Waals surface area contributed by atoms with Crippen molar-refractivity contribution in [2.45, 2.75) is 6.54 Å². The smallest absolute Gasteiger partial charge is 0.255 e. The van der Waals surface area contributed by atoms with E-state index < -0.39 is 0 Å². The topological polar surface area (TPSA) is 46.3 Å². The number of hydrogen-bond acceptors (Lipinski definition) is 2. The van der Waals surface area contributed by atoms with Crippen molar-refractivity contribution in [1.29, 1.82) is 0 Å². The van der Waals surface area contributed by atoms with E-state index in [1.165, 1.54) is 0 Å². The fraction of sp³-hybridized carbons (Fsp3) is 0.133. The lowest BCUT2D eigenvalue weighted by molar-refractivity contribution is 0.0785. The highest BCUT2D eigenvalue weighted by Gasteiger charge is 2.15. The number of nitrogen functional groups attached to an aromatic ring is 1. The summed E-state index contributed by atoms with van der Waals surface area (Å²) in [5, 5.41) is 0.373. The first-order valence-corrected chi connectivity index (χ1v) is 7.19. The van der Waals surface area contributed by atoms with Gasteiger partial charge in [-0.1, -0.05) is 39.7 Å². The Morgan fingerprint density at radius 2 is 1.90 bits per heavy atom. The predicted molar refractivity (Wildman–Crippen MR) is 85.8 cm³/mol. The number of halogens is 2. The van der Waals surface area contributed by atoms with E-state index in [9.17, 15) is 4.79 Å². The normalized spacial score (nSPS) is 10.3. The molecule has 0 spiro atoms. The van der Waals surface area contributed by atoms with Crippen LogP contribution in [0, 0.1) is 0 Å². The number of nitrogens with zero attached hydrogens (tertiary/aromatic N) is 1. The van der Waals surface area contributed by atoms with Gasteiger partial charge in [0.05, 0.1) is 10.6 Å². The van der Waals surface area contributed by atoms with Gasteiger partial charge in [0.2, 0.25) is 0 Å². The Morgan fingerprint density at radius 1 is 1.25 bits per heavy atom. The summed E-state index contributed by atoms with van der Waals surface area (Å²) in [6.07, 6.45) is 0. The zero-order chi connectivity index (χ0) is 14.7. The fourth-order valence-corrected chi connectivity index (χ4v) is 2.38.